The van der Waals surface area contributed by atoms with Crippen molar-refractivity contribution in [2.24, 2.45) is 0 Å². The third-order valence-electron chi connectivity index (χ3n) is 2.83. The van der Waals surface area contributed by atoms with Gasteiger partial charge in [0.2, 0.25) is 5.91 Å². The molecule has 0 unspecified atom stereocenters. The van der Waals surface area contributed by atoms with Crippen molar-refractivity contribution in [1.82, 2.24) is 0 Å². The van der Waals surface area contributed by atoms with Crippen LogP contribution in [0.5, 0.6) is 0 Å². The normalized spacial score (nSPS) is 10.6. The van der Waals surface area contributed by atoms with E-state index < -0.39 is 11.7 Å². The van der Waals surface area contributed by atoms with Crippen LogP contribution in [-0.4, -0.2) is 17.6 Å². The molecule has 21 heavy (non-hydrogen) atoms. The maximum atomic E-state index is 11.9. The Hall–Kier alpha value is -2.30. The number of carbonyl (C=O) groups is 2. The summed E-state index contributed by atoms with van der Waals surface area (Å²) in [6.07, 6.45) is 2.31. The van der Waals surface area contributed by atoms with Gasteiger partial charge >= 0.3 is 6.09 Å². The third-order valence-corrected chi connectivity index (χ3v) is 2.83. The van der Waals surface area contributed by atoms with Crippen molar-refractivity contribution in [3.8, 4) is 0 Å². The Kier molecular flexibility index (Phi) is 5.96. The van der Waals surface area contributed by atoms with Crippen molar-refractivity contribution in [3.63, 3.8) is 0 Å². The monoisotopic (exact) mass is 290 g/mol. The Morgan fingerprint density at radius 2 is 1.81 bits per heavy atom. The van der Waals surface area contributed by atoms with Gasteiger partial charge in [-0.25, -0.2) is 4.79 Å². The number of rotatable bonds is 6. The van der Waals surface area contributed by atoms with Crippen LogP contribution in [-0.2, 0) is 9.53 Å². The molecular formula is C16H22N2O3. The highest BCUT2D eigenvalue weighted by Gasteiger charge is 2.22. The van der Waals surface area contributed by atoms with E-state index in [0.717, 1.165) is 12.8 Å². The van der Waals surface area contributed by atoms with Crippen LogP contribution in [0.1, 0.15) is 33.6 Å². The van der Waals surface area contributed by atoms with E-state index in [1.54, 1.807) is 24.3 Å². The molecule has 0 saturated heterocycles. The van der Waals surface area contributed by atoms with Gasteiger partial charge in [0.25, 0.3) is 0 Å². The first-order valence-electron chi connectivity index (χ1n) is 6.90. The van der Waals surface area contributed by atoms with Gasteiger partial charge in [-0.1, -0.05) is 32.1 Å². The van der Waals surface area contributed by atoms with Crippen molar-refractivity contribution in [2.45, 2.75) is 39.2 Å². The average Bonchev–Trinajstić information content (AvgIpc) is 2.39. The Bertz CT molecular complexity index is 524. The number of benzene rings is 1. The van der Waals surface area contributed by atoms with E-state index >= 15 is 0 Å². The molecule has 0 fully saturated rings. The predicted molar refractivity (Wildman–Crippen MR) is 84.4 cm³/mol. The summed E-state index contributed by atoms with van der Waals surface area (Å²) in [7, 11) is 0. The fourth-order valence-corrected chi connectivity index (χ4v) is 1.92. The molecule has 1 aromatic carbocycles. The zero-order chi connectivity index (χ0) is 15.9. The van der Waals surface area contributed by atoms with Crippen LogP contribution in [0.3, 0.4) is 0 Å². The summed E-state index contributed by atoms with van der Waals surface area (Å²) >= 11 is 0. The fourth-order valence-electron chi connectivity index (χ4n) is 1.92. The van der Waals surface area contributed by atoms with Gasteiger partial charge in [0.05, 0.1) is 11.4 Å². The summed E-state index contributed by atoms with van der Waals surface area (Å²) in [5.74, 6) is -0.344. The first-order chi connectivity index (χ1) is 9.88. The fraction of sp³-hybridized carbons (Fsp3) is 0.375. The van der Waals surface area contributed by atoms with Crippen LogP contribution in [0, 0.1) is 0 Å². The lowest BCUT2D eigenvalue weighted by Crippen LogP contribution is -2.30. The molecule has 0 aromatic heterocycles. The highest BCUT2D eigenvalue weighted by atomic mass is 16.6. The summed E-state index contributed by atoms with van der Waals surface area (Å²) in [5, 5.41) is 5.27. The largest absolute Gasteiger partial charge is 0.443 e. The molecule has 5 heteroatoms. The third kappa shape index (κ3) is 5.69. The minimum atomic E-state index is -0.547. The SMILES string of the molecule is C=CC(=O)Nc1ccccc1NC(=O)OC(C)(C)CCC. The van der Waals surface area contributed by atoms with Gasteiger partial charge in [-0.3, -0.25) is 10.1 Å². The molecular weight excluding hydrogens is 268 g/mol. The zero-order valence-corrected chi connectivity index (χ0v) is 12.7. The van der Waals surface area contributed by atoms with E-state index in [-0.39, 0.29) is 5.91 Å². The number of hydrogen-bond acceptors (Lipinski definition) is 3. The highest BCUT2D eigenvalue weighted by molar-refractivity contribution is 6.02. The molecule has 0 saturated carbocycles. The van der Waals surface area contributed by atoms with E-state index in [4.69, 9.17) is 4.74 Å². The molecule has 5 nitrogen and oxygen atoms in total. The van der Waals surface area contributed by atoms with Crippen LogP contribution in [0.15, 0.2) is 36.9 Å². The van der Waals surface area contributed by atoms with Gasteiger partial charge in [0.1, 0.15) is 5.60 Å². The number of para-hydroxylation sites is 2. The van der Waals surface area contributed by atoms with Crippen molar-refractivity contribution < 1.29 is 14.3 Å². The molecule has 2 N–H and O–H groups in total. The number of ether oxygens (including phenoxy) is 1. The van der Waals surface area contributed by atoms with Crippen molar-refractivity contribution >= 4 is 23.4 Å². The molecule has 1 rings (SSSR count). The van der Waals surface area contributed by atoms with Crippen LogP contribution in [0.2, 0.25) is 0 Å². The van der Waals surface area contributed by atoms with Gasteiger partial charge in [0, 0.05) is 0 Å². The molecule has 0 radical (unpaired) electrons. The lowest BCUT2D eigenvalue weighted by atomic mass is 10.0. The van der Waals surface area contributed by atoms with Gasteiger partial charge < -0.3 is 10.1 Å². The average molecular weight is 290 g/mol. The minimum absolute atomic E-state index is 0.344. The van der Waals surface area contributed by atoms with Crippen LogP contribution in [0.25, 0.3) is 0 Å². The second-order valence-corrected chi connectivity index (χ2v) is 5.26. The summed E-state index contributed by atoms with van der Waals surface area (Å²) < 4.78 is 5.39. The maximum Gasteiger partial charge on any atom is 0.412 e. The number of nitrogens with one attached hydrogen (secondary N) is 2. The van der Waals surface area contributed by atoms with E-state index in [0.29, 0.717) is 11.4 Å². The molecule has 0 aliphatic heterocycles. The Balaban J connectivity index is 2.76. The molecule has 2 amide bonds. The minimum Gasteiger partial charge on any atom is -0.443 e. The first-order valence-corrected chi connectivity index (χ1v) is 6.90. The summed E-state index contributed by atoms with van der Waals surface area (Å²) in [6, 6.07) is 6.90. The lowest BCUT2D eigenvalue weighted by molar-refractivity contribution is -0.111. The Morgan fingerprint density at radius 3 is 2.33 bits per heavy atom. The predicted octanol–water partition coefficient (Wildman–Crippen LogP) is 3.94. The standard InChI is InChI=1S/C16H22N2O3/c1-5-11-16(3,4)21-15(20)18-13-10-8-7-9-12(13)17-14(19)6-2/h6-10H,2,5,11H2,1,3-4H3,(H,17,19)(H,18,20). The van der Waals surface area contributed by atoms with Gasteiger partial charge in [0.15, 0.2) is 0 Å². The van der Waals surface area contributed by atoms with Crippen LogP contribution < -0.4 is 10.6 Å². The van der Waals surface area contributed by atoms with Gasteiger partial charge in [-0.05, 0) is 38.5 Å². The smallest absolute Gasteiger partial charge is 0.412 e. The van der Waals surface area contributed by atoms with Crippen molar-refractivity contribution in [2.75, 3.05) is 10.6 Å². The van der Waals surface area contributed by atoms with E-state index in [2.05, 4.69) is 17.2 Å². The molecule has 114 valence electrons. The molecule has 0 aliphatic carbocycles. The number of amides is 2. The Labute approximate surface area is 125 Å². The first kappa shape index (κ1) is 16.8. The van der Waals surface area contributed by atoms with Crippen LogP contribution in [0.4, 0.5) is 16.2 Å². The summed E-state index contributed by atoms with van der Waals surface area (Å²) in [4.78, 5) is 23.3. The van der Waals surface area contributed by atoms with Crippen molar-refractivity contribution in [1.29, 1.82) is 0 Å². The topological polar surface area (TPSA) is 67.4 Å². The highest BCUT2D eigenvalue weighted by Crippen LogP contribution is 2.23. The van der Waals surface area contributed by atoms with Gasteiger partial charge in [-0.2, -0.15) is 0 Å². The maximum absolute atomic E-state index is 11.9. The molecule has 0 atom stereocenters. The second kappa shape index (κ2) is 7.47. The van der Waals surface area contributed by atoms with Crippen LogP contribution >= 0.6 is 0 Å². The lowest BCUT2D eigenvalue weighted by Gasteiger charge is -2.24. The van der Waals surface area contributed by atoms with E-state index in [1.807, 2.05) is 20.8 Å². The van der Waals surface area contributed by atoms with E-state index in [1.165, 1.54) is 6.08 Å². The molecule has 1 aromatic rings. The number of anilines is 2. The molecule has 0 heterocycles. The van der Waals surface area contributed by atoms with Gasteiger partial charge in [-0.15, -0.1) is 0 Å². The zero-order valence-electron chi connectivity index (χ0n) is 12.7. The van der Waals surface area contributed by atoms with Crippen molar-refractivity contribution in [3.05, 3.63) is 36.9 Å². The quantitative estimate of drug-likeness (QED) is 0.780. The number of hydrogen-bond donors (Lipinski definition) is 2. The Morgan fingerprint density at radius 1 is 1.24 bits per heavy atom. The molecule has 0 aliphatic rings. The summed E-state index contributed by atoms with van der Waals surface area (Å²) in [5.41, 5.74) is 0.440. The second-order valence-electron chi connectivity index (χ2n) is 5.26. The molecule has 0 spiro atoms. The number of carbonyl (C=O) groups excluding carboxylic acids is 2. The van der Waals surface area contributed by atoms with E-state index in [9.17, 15) is 9.59 Å². The molecule has 0 bridgehead atoms. The summed E-state index contributed by atoms with van der Waals surface area (Å²) in [6.45, 7) is 9.15.